The molecule has 0 radical (unpaired) electrons. The average Bonchev–Trinajstić information content (AvgIpc) is 3.58. The molecule has 2 aliphatic rings. The van der Waals surface area contributed by atoms with E-state index in [-0.39, 0.29) is 5.92 Å². The van der Waals surface area contributed by atoms with Crippen molar-refractivity contribution in [3.8, 4) is 0 Å². The smallest absolute Gasteiger partial charge is 0.226 e. The Morgan fingerprint density at radius 1 is 0.931 bits per heavy atom. The van der Waals surface area contributed by atoms with Crippen LogP contribution in [0.15, 0.2) is 60.7 Å². The summed E-state index contributed by atoms with van der Waals surface area (Å²) in [7, 11) is 2.13. The van der Waals surface area contributed by atoms with Gasteiger partial charge in [0.15, 0.2) is 0 Å². The Hall–Kier alpha value is -2.55. The van der Waals surface area contributed by atoms with Crippen LogP contribution in [0, 0.1) is 5.92 Å². The van der Waals surface area contributed by atoms with Crippen LogP contribution in [0.4, 0.5) is 0 Å². The van der Waals surface area contributed by atoms with Crippen LogP contribution < -0.4 is 0 Å². The van der Waals surface area contributed by atoms with Crippen LogP contribution >= 0.6 is 0 Å². The van der Waals surface area contributed by atoms with Gasteiger partial charge in [0.05, 0.1) is 6.54 Å². The van der Waals surface area contributed by atoms with Crippen LogP contribution in [0.3, 0.4) is 0 Å². The van der Waals surface area contributed by atoms with Crippen LogP contribution in [0.2, 0.25) is 0 Å². The van der Waals surface area contributed by atoms with Crippen molar-refractivity contribution in [2.24, 2.45) is 13.0 Å². The number of aromatic nitrogens is 1. The summed E-state index contributed by atoms with van der Waals surface area (Å²) in [6, 6.07) is 22.0. The van der Waals surface area contributed by atoms with Gasteiger partial charge in [-0.2, -0.15) is 0 Å². The van der Waals surface area contributed by atoms with Crippen molar-refractivity contribution in [3.63, 3.8) is 0 Å². The average molecular weight is 387 g/mol. The van der Waals surface area contributed by atoms with E-state index in [2.05, 4.69) is 77.2 Å². The highest BCUT2D eigenvalue weighted by molar-refractivity contribution is 5.83. The second kappa shape index (κ2) is 7.70. The molecule has 150 valence electrons. The standard InChI is InChI=1S/C26H30N2O/c1-27-24(17-22-9-5-6-10-25(22)27)18-28(26(29)21-11-12-21)23-15-13-20(14-16-23)19-7-3-2-4-8-19/h2-10,17,20-21,23H,11-16,18H2,1H3. The highest BCUT2D eigenvalue weighted by Crippen LogP contribution is 2.38. The summed E-state index contributed by atoms with van der Waals surface area (Å²) in [5, 5.41) is 1.26. The first kappa shape index (κ1) is 18.5. The number of aryl methyl sites for hydroxylation is 1. The van der Waals surface area contributed by atoms with E-state index in [0.29, 0.717) is 17.9 Å². The van der Waals surface area contributed by atoms with E-state index in [1.807, 2.05) is 0 Å². The van der Waals surface area contributed by atoms with E-state index >= 15 is 0 Å². The molecule has 0 N–H and O–H groups in total. The van der Waals surface area contributed by atoms with E-state index in [4.69, 9.17) is 0 Å². The molecule has 0 aliphatic heterocycles. The maximum atomic E-state index is 13.2. The molecule has 1 heterocycles. The third kappa shape index (κ3) is 3.71. The molecule has 0 bridgehead atoms. The van der Waals surface area contributed by atoms with Gasteiger partial charge < -0.3 is 9.47 Å². The highest BCUT2D eigenvalue weighted by Gasteiger charge is 2.38. The van der Waals surface area contributed by atoms with Crippen molar-refractivity contribution < 1.29 is 4.79 Å². The molecule has 2 aliphatic carbocycles. The molecule has 2 saturated carbocycles. The molecule has 0 saturated heterocycles. The molecular formula is C26H30N2O. The van der Waals surface area contributed by atoms with Crippen LogP contribution in [0.5, 0.6) is 0 Å². The number of rotatable bonds is 5. The second-order valence-electron chi connectivity index (χ2n) is 8.91. The monoisotopic (exact) mass is 386 g/mol. The van der Waals surface area contributed by atoms with Crippen molar-refractivity contribution in [1.82, 2.24) is 9.47 Å². The SMILES string of the molecule is Cn1c(CN(C(=O)C2CC2)C2CCC(c3ccccc3)CC2)cc2ccccc21. The van der Waals surface area contributed by atoms with Gasteiger partial charge in [-0.15, -0.1) is 0 Å². The molecular weight excluding hydrogens is 356 g/mol. The van der Waals surface area contributed by atoms with Crippen LogP contribution in [0.25, 0.3) is 10.9 Å². The van der Waals surface area contributed by atoms with Gasteiger partial charge in [-0.05, 0) is 67.5 Å². The van der Waals surface area contributed by atoms with Gasteiger partial charge in [0, 0.05) is 30.2 Å². The minimum absolute atomic E-state index is 0.275. The third-order valence-electron chi connectivity index (χ3n) is 7.00. The van der Waals surface area contributed by atoms with Gasteiger partial charge in [0.1, 0.15) is 0 Å². The van der Waals surface area contributed by atoms with Gasteiger partial charge >= 0.3 is 0 Å². The lowest BCUT2D eigenvalue weighted by atomic mass is 9.81. The predicted octanol–water partition coefficient (Wildman–Crippen LogP) is 5.64. The first-order valence-corrected chi connectivity index (χ1v) is 11.1. The number of fused-ring (bicyclic) bond motifs is 1. The molecule has 0 unspecified atom stereocenters. The number of nitrogens with zero attached hydrogens (tertiary/aromatic N) is 2. The fraction of sp³-hybridized carbons (Fsp3) is 0.423. The van der Waals surface area contributed by atoms with E-state index in [9.17, 15) is 4.79 Å². The Bertz CT molecular complexity index is 994. The number of hydrogen-bond acceptors (Lipinski definition) is 1. The Balaban J connectivity index is 1.35. The first-order valence-electron chi connectivity index (χ1n) is 11.1. The molecule has 5 rings (SSSR count). The number of carbonyl (C=O) groups excluding carboxylic acids is 1. The zero-order valence-electron chi connectivity index (χ0n) is 17.3. The second-order valence-corrected chi connectivity index (χ2v) is 8.91. The summed E-state index contributed by atoms with van der Waals surface area (Å²) in [6.45, 7) is 0.737. The predicted molar refractivity (Wildman–Crippen MR) is 118 cm³/mol. The molecule has 3 nitrogen and oxygen atoms in total. The molecule has 3 heteroatoms. The summed E-state index contributed by atoms with van der Waals surface area (Å²) in [4.78, 5) is 15.4. The lowest BCUT2D eigenvalue weighted by Crippen LogP contribution is -2.42. The molecule has 0 spiro atoms. The Morgan fingerprint density at radius 2 is 1.62 bits per heavy atom. The quantitative estimate of drug-likeness (QED) is 0.557. The fourth-order valence-corrected chi connectivity index (χ4v) is 5.07. The minimum atomic E-state index is 0.275. The van der Waals surface area contributed by atoms with Gasteiger partial charge in [-0.25, -0.2) is 0 Å². The zero-order valence-corrected chi connectivity index (χ0v) is 17.3. The van der Waals surface area contributed by atoms with E-state index in [0.717, 1.165) is 32.2 Å². The number of benzene rings is 2. The number of hydrogen-bond donors (Lipinski definition) is 0. The van der Waals surface area contributed by atoms with Gasteiger partial charge in [-0.3, -0.25) is 4.79 Å². The maximum absolute atomic E-state index is 13.2. The van der Waals surface area contributed by atoms with E-state index in [1.165, 1.54) is 35.0 Å². The van der Waals surface area contributed by atoms with Crippen molar-refractivity contribution in [2.45, 2.75) is 57.0 Å². The molecule has 1 amide bonds. The van der Waals surface area contributed by atoms with Crippen LogP contribution in [-0.4, -0.2) is 21.4 Å². The van der Waals surface area contributed by atoms with Gasteiger partial charge in [0.25, 0.3) is 0 Å². The fourth-order valence-electron chi connectivity index (χ4n) is 5.07. The number of carbonyl (C=O) groups is 1. The third-order valence-corrected chi connectivity index (χ3v) is 7.00. The van der Waals surface area contributed by atoms with E-state index in [1.54, 1.807) is 0 Å². The largest absolute Gasteiger partial charge is 0.346 e. The first-order chi connectivity index (χ1) is 14.2. The molecule has 2 fully saturated rings. The van der Waals surface area contributed by atoms with Crippen molar-refractivity contribution >= 4 is 16.8 Å². The Kier molecular flexibility index (Phi) is 4.91. The zero-order chi connectivity index (χ0) is 19.8. The normalized spacial score (nSPS) is 22.0. The molecule has 29 heavy (non-hydrogen) atoms. The van der Waals surface area contributed by atoms with E-state index < -0.39 is 0 Å². The number of amides is 1. The highest BCUT2D eigenvalue weighted by atomic mass is 16.2. The lowest BCUT2D eigenvalue weighted by Gasteiger charge is -2.37. The summed E-state index contributed by atoms with van der Waals surface area (Å²) in [5.41, 5.74) is 3.94. The van der Waals surface area contributed by atoms with Crippen molar-refractivity contribution in [1.29, 1.82) is 0 Å². The minimum Gasteiger partial charge on any atom is -0.346 e. The Morgan fingerprint density at radius 3 is 2.31 bits per heavy atom. The maximum Gasteiger partial charge on any atom is 0.226 e. The lowest BCUT2D eigenvalue weighted by molar-refractivity contribution is -0.136. The molecule has 3 aromatic rings. The van der Waals surface area contributed by atoms with Gasteiger partial charge in [-0.1, -0.05) is 48.5 Å². The van der Waals surface area contributed by atoms with Crippen molar-refractivity contribution in [3.05, 3.63) is 71.9 Å². The molecule has 2 aromatic carbocycles. The van der Waals surface area contributed by atoms with Crippen LogP contribution in [0.1, 0.15) is 55.7 Å². The van der Waals surface area contributed by atoms with Crippen LogP contribution in [-0.2, 0) is 18.4 Å². The van der Waals surface area contributed by atoms with Gasteiger partial charge in [0.2, 0.25) is 5.91 Å². The summed E-state index contributed by atoms with van der Waals surface area (Å²) < 4.78 is 2.26. The molecule has 0 atom stereocenters. The van der Waals surface area contributed by atoms with Crippen molar-refractivity contribution in [2.75, 3.05) is 0 Å². The number of para-hydroxylation sites is 1. The summed E-state index contributed by atoms with van der Waals surface area (Å²) >= 11 is 0. The summed E-state index contributed by atoms with van der Waals surface area (Å²) in [6.07, 6.45) is 6.73. The Labute approximate surface area is 173 Å². The topological polar surface area (TPSA) is 25.2 Å². The molecule has 1 aromatic heterocycles. The summed E-state index contributed by atoms with van der Waals surface area (Å²) in [5.74, 6) is 1.30.